The highest BCUT2D eigenvalue weighted by Gasteiger charge is 2.12. The number of hydrogen-bond donors (Lipinski definition) is 2. The minimum atomic E-state index is -0.364. The van der Waals surface area contributed by atoms with Gasteiger partial charge in [0.15, 0.2) is 5.13 Å². The van der Waals surface area contributed by atoms with Crippen LogP contribution < -0.4 is 15.4 Å². The number of thiazole rings is 1. The molecule has 5 nitrogen and oxygen atoms in total. The Morgan fingerprint density at radius 3 is 2.60 bits per heavy atom. The number of aryl methyl sites for hydroxylation is 1. The molecule has 2 N–H and O–H groups in total. The first-order valence-corrected chi connectivity index (χ1v) is 8.70. The lowest BCUT2D eigenvalue weighted by molar-refractivity contribution is 0.262. The number of carbonyl (C=O) groups is 1. The summed E-state index contributed by atoms with van der Waals surface area (Å²) in [5, 5.41) is 6.57. The van der Waals surface area contributed by atoms with Crippen molar-refractivity contribution in [3.63, 3.8) is 0 Å². The lowest BCUT2D eigenvalue weighted by Crippen LogP contribution is -2.19. The van der Waals surface area contributed by atoms with Crippen LogP contribution in [0.1, 0.15) is 4.88 Å². The Kier molecular flexibility index (Phi) is 5.21. The summed E-state index contributed by atoms with van der Waals surface area (Å²) >= 11 is 7.33. The van der Waals surface area contributed by atoms with Gasteiger partial charge in [0, 0.05) is 21.2 Å². The van der Waals surface area contributed by atoms with Gasteiger partial charge in [-0.2, -0.15) is 0 Å². The van der Waals surface area contributed by atoms with Crippen molar-refractivity contribution in [1.82, 2.24) is 4.98 Å². The SMILES string of the molecule is COc1ccc(-c2nc(NC(=O)Nc3cccc(Cl)c3)sc2C)cc1. The molecule has 128 valence electrons. The molecule has 1 heterocycles. The van der Waals surface area contributed by atoms with E-state index < -0.39 is 0 Å². The number of carbonyl (C=O) groups excluding carboxylic acids is 1. The Balaban J connectivity index is 1.72. The zero-order valence-electron chi connectivity index (χ0n) is 13.7. The number of hydrogen-bond acceptors (Lipinski definition) is 4. The summed E-state index contributed by atoms with van der Waals surface area (Å²) in [7, 11) is 1.63. The molecule has 0 aliphatic heterocycles. The van der Waals surface area contributed by atoms with E-state index in [1.165, 1.54) is 11.3 Å². The fourth-order valence-electron chi connectivity index (χ4n) is 2.29. The monoisotopic (exact) mass is 373 g/mol. The number of amides is 2. The first kappa shape index (κ1) is 17.3. The number of methoxy groups -OCH3 is 1. The highest BCUT2D eigenvalue weighted by Crippen LogP contribution is 2.31. The summed E-state index contributed by atoms with van der Waals surface area (Å²) in [5.74, 6) is 0.788. The standard InChI is InChI=1S/C18H16ClN3O2S/c1-11-16(12-6-8-15(24-2)9-7-12)21-18(25-11)22-17(23)20-14-5-3-4-13(19)10-14/h3-10H,1-2H3,(H2,20,21,22,23). The third-order valence-electron chi connectivity index (χ3n) is 3.46. The van der Waals surface area contributed by atoms with E-state index in [-0.39, 0.29) is 6.03 Å². The Morgan fingerprint density at radius 2 is 1.92 bits per heavy atom. The van der Waals surface area contributed by atoms with Gasteiger partial charge in [0.25, 0.3) is 0 Å². The van der Waals surface area contributed by atoms with Crippen LogP contribution in [0.5, 0.6) is 5.75 Å². The third-order valence-corrected chi connectivity index (χ3v) is 4.58. The molecule has 0 atom stereocenters. The molecule has 0 bridgehead atoms. The Labute approximate surface area is 154 Å². The summed E-state index contributed by atoms with van der Waals surface area (Å²) in [6, 6.07) is 14.2. The molecule has 3 aromatic rings. The van der Waals surface area contributed by atoms with E-state index in [1.54, 1.807) is 31.4 Å². The molecule has 1 aromatic heterocycles. The maximum Gasteiger partial charge on any atom is 0.325 e. The summed E-state index contributed by atoms with van der Waals surface area (Å²) in [6.07, 6.45) is 0. The molecule has 0 unspecified atom stereocenters. The van der Waals surface area contributed by atoms with Crippen LogP contribution in [-0.2, 0) is 0 Å². The number of halogens is 1. The fraction of sp³-hybridized carbons (Fsp3) is 0.111. The molecule has 0 radical (unpaired) electrons. The van der Waals surface area contributed by atoms with Crippen molar-refractivity contribution in [3.8, 4) is 17.0 Å². The predicted molar refractivity (Wildman–Crippen MR) is 103 cm³/mol. The second-order valence-electron chi connectivity index (χ2n) is 5.24. The van der Waals surface area contributed by atoms with Crippen molar-refractivity contribution >= 4 is 39.8 Å². The maximum absolute atomic E-state index is 12.1. The number of urea groups is 1. The molecule has 0 saturated carbocycles. The van der Waals surface area contributed by atoms with Crippen molar-refractivity contribution in [1.29, 1.82) is 0 Å². The molecule has 0 fully saturated rings. The van der Waals surface area contributed by atoms with Crippen LogP contribution in [0, 0.1) is 6.92 Å². The number of nitrogens with zero attached hydrogens (tertiary/aromatic N) is 1. The van der Waals surface area contributed by atoms with Gasteiger partial charge in [0.2, 0.25) is 0 Å². The molecule has 0 saturated heterocycles. The number of rotatable bonds is 4. The number of nitrogens with one attached hydrogen (secondary N) is 2. The quantitative estimate of drug-likeness (QED) is 0.641. The van der Waals surface area contributed by atoms with Gasteiger partial charge in [-0.1, -0.05) is 17.7 Å². The summed E-state index contributed by atoms with van der Waals surface area (Å²) < 4.78 is 5.17. The van der Waals surface area contributed by atoms with E-state index in [4.69, 9.17) is 16.3 Å². The van der Waals surface area contributed by atoms with Gasteiger partial charge >= 0.3 is 6.03 Å². The fourth-order valence-corrected chi connectivity index (χ4v) is 3.31. The molecule has 0 aliphatic rings. The second-order valence-corrected chi connectivity index (χ2v) is 6.88. The Bertz CT molecular complexity index is 894. The third kappa shape index (κ3) is 4.29. The van der Waals surface area contributed by atoms with Crippen LogP contribution in [0.25, 0.3) is 11.3 Å². The van der Waals surface area contributed by atoms with Crippen LogP contribution >= 0.6 is 22.9 Å². The summed E-state index contributed by atoms with van der Waals surface area (Å²) in [5.41, 5.74) is 2.43. The van der Waals surface area contributed by atoms with Crippen molar-refractivity contribution in [2.75, 3.05) is 17.7 Å². The van der Waals surface area contributed by atoms with Gasteiger partial charge in [0.1, 0.15) is 5.75 Å². The summed E-state index contributed by atoms with van der Waals surface area (Å²) in [4.78, 5) is 17.6. The lowest BCUT2D eigenvalue weighted by atomic mass is 10.1. The number of benzene rings is 2. The van der Waals surface area contributed by atoms with E-state index in [9.17, 15) is 4.79 Å². The van der Waals surface area contributed by atoms with Crippen molar-refractivity contribution in [2.45, 2.75) is 6.92 Å². The lowest BCUT2D eigenvalue weighted by Gasteiger charge is -2.05. The first-order chi connectivity index (χ1) is 12.0. The predicted octanol–water partition coefficient (Wildman–Crippen LogP) is 5.42. The molecule has 2 aromatic carbocycles. The number of ether oxygens (including phenoxy) is 1. The molecular weight excluding hydrogens is 358 g/mol. The molecule has 0 spiro atoms. The molecule has 7 heteroatoms. The van der Waals surface area contributed by atoms with E-state index >= 15 is 0 Å². The Morgan fingerprint density at radius 1 is 1.16 bits per heavy atom. The normalized spacial score (nSPS) is 10.4. The van der Waals surface area contributed by atoms with Crippen molar-refractivity contribution in [2.24, 2.45) is 0 Å². The zero-order valence-corrected chi connectivity index (χ0v) is 15.2. The van der Waals surface area contributed by atoms with Crippen LogP contribution in [0.15, 0.2) is 48.5 Å². The molecule has 2 amide bonds. The largest absolute Gasteiger partial charge is 0.497 e. The highest BCUT2D eigenvalue weighted by molar-refractivity contribution is 7.16. The second kappa shape index (κ2) is 7.55. The van der Waals surface area contributed by atoms with Gasteiger partial charge in [-0.15, -0.1) is 11.3 Å². The number of anilines is 2. The van der Waals surface area contributed by atoms with Crippen molar-refractivity contribution < 1.29 is 9.53 Å². The van der Waals surface area contributed by atoms with Crippen LogP contribution in [-0.4, -0.2) is 18.1 Å². The van der Waals surface area contributed by atoms with Gasteiger partial charge in [-0.25, -0.2) is 9.78 Å². The topological polar surface area (TPSA) is 63.2 Å². The van der Waals surface area contributed by atoms with Gasteiger partial charge < -0.3 is 10.1 Å². The van der Waals surface area contributed by atoms with Crippen LogP contribution in [0.4, 0.5) is 15.6 Å². The average Bonchev–Trinajstić information content (AvgIpc) is 2.95. The molecule has 0 aliphatic carbocycles. The van der Waals surface area contributed by atoms with E-state index in [2.05, 4.69) is 15.6 Å². The van der Waals surface area contributed by atoms with Crippen LogP contribution in [0.3, 0.4) is 0 Å². The minimum absolute atomic E-state index is 0.364. The smallest absolute Gasteiger partial charge is 0.325 e. The van der Waals surface area contributed by atoms with Gasteiger partial charge in [0.05, 0.1) is 12.8 Å². The molecular formula is C18H16ClN3O2S. The number of aromatic nitrogens is 1. The maximum atomic E-state index is 12.1. The van der Waals surface area contributed by atoms with Crippen molar-refractivity contribution in [3.05, 3.63) is 58.4 Å². The van der Waals surface area contributed by atoms with Gasteiger partial charge in [-0.05, 0) is 49.4 Å². The van der Waals surface area contributed by atoms with E-state index in [0.717, 1.165) is 21.9 Å². The van der Waals surface area contributed by atoms with Gasteiger partial charge in [-0.3, -0.25) is 5.32 Å². The minimum Gasteiger partial charge on any atom is -0.497 e. The molecule has 25 heavy (non-hydrogen) atoms. The zero-order chi connectivity index (χ0) is 17.8. The highest BCUT2D eigenvalue weighted by atomic mass is 35.5. The molecule has 3 rings (SSSR count). The Hall–Kier alpha value is -2.57. The average molecular weight is 374 g/mol. The van der Waals surface area contributed by atoms with E-state index in [1.807, 2.05) is 31.2 Å². The van der Waals surface area contributed by atoms with Crippen LogP contribution in [0.2, 0.25) is 5.02 Å². The summed E-state index contributed by atoms with van der Waals surface area (Å²) in [6.45, 7) is 1.97. The van der Waals surface area contributed by atoms with E-state index in [0.29, 0.717) is 15.8 Å². The first-order valence-electron chi connectivity index (χ1n) is 7.50.